The smallest absolute Gasteiger partial charge is 0.343 e. The van der Waals surface area contributed by atoms with E-state index < -0.39 is 5.97 Å². The highest BCUT2D eigenvalue weighted by Crippen LogP contribution is 2.29. The van der Waals surface area contributed by atoms with E-state index in [0.29, 0.717) is 22.4 Å². The maximum Gasteiger partial charge on any atom is 0.343 e. The standard InChI is InChI=1S/C21H16Br2O3/c22-17-8-11-20(19(23)14-17)26-21(24)16-6-9-18(10-7-16)25-13-12-15-4-2-1-3-5-15/h1-11,14H,12-13H2. The van der Waals surface area contributed by atoms with E-state index >= 15 is 0 Å². The van der Waals surface area contributed by atoms with Gasteiger partial charge < -0.3 is 9.47 Å². The minimum absolute atomic E-state index is 0.413. The first-order valence-electron chi connectivity index (χ1n) is 8.06. The van der Waals surface area contributed by atoms with Crippen LogP contribution in [0.2, 0.25) is 0 Å². The molecular weight excluding hydrogens is 460 g/mol. The normalized spacial score (nSPS) is 10.4. The Morgan fingerprint density at radius 3 is 2.31 bits per heavy atom. The number of benzene rings is 3. The molecule has 3 nitrogen and oxygen atoms in total. The highest BCUT2D eigenvalue weighted by Gasteiger charge is 2.11. The Morgan fingerprint density at radius 2 is 1.62 bits per heavy atom. The van der Waals surface area contributed by atoms with E-state index in [1.54, 1.807) is 30.3 Å². The topological polar surface area (TPSA) is 35.5 Å². The van der Waals surface area contributed by atoms with E-state index in [1.165, 1.54) is 5.56 Å². The van der Waals surface area contributed by atoms with E-state index in [4.69, 9.17) is 9.47 Å². The minimum atomic E-state index is -0.413. The molecule has 0 aromatic heterocycles. The quantitative estimate of drug-likeness (QED) is 0.321. The predicted octanol–water partition coefficient (Wildman–Crippen LogP) is 6.05. The lowest BCUT2D eigenvalue weighted by atomic mass is 10.2. The van der Waals surface area contributed by atoms with Crippen LogP contribution in [0.3, 0.4) is 0 Å². The lowest BCUT2D eigenvalue weighted by molar-refractivity contribution is 0.0733. The molecule has 0 radical (unpaired) electrons. The van der Waals surface area contributed by atoms with Crippen molar-refractivity contribution in [2.45, 2.75) is 6.42 Å². The molecule has 0 bridgehead atoms. The number of rotatable bonds is 6. The monoisotopic (exact) mass is 474 g/mol. The Balaban J connectivity index is 1.55. The van der Waals surface area contributed by atoms with Crippen LogP contribution in [0.25, 0.3) is 0 Å². The summed E-state index contributed by atoms with van der Waals surface area (Å²) in [5.74, 6) is 0.785. The van der Waals surface area contributed by atoms with Gasteiger partial charge in [-0.3, -0.25) is 0 Å². The first-order chi connectivity index (χ1) is 12.6. The molecule has 26 heavy (non-hydrogen) atoms. The Morgan fingerprint density at radius 1 is 0.885 bits per heavy atom. The fourth-order valence-corrected chi connectivity index (χ4v) is 3.46. The van der Waals surface area contributed by atoms with Crippen LogP contribution in [0.5, 0.6) is 11.5 Å². The molecule has 0 fully saturated rings. The Bertz CT molecular complexity index is 878. The van der Waals surface area contributed by atoms with Crippen molar-refractivity contribution in [3.8, 4) is 11.5 Å². The third-order valence-electron chi connectivity index (χ3n) is 3.69. The molecule has 5 heteroatoms. The van der Waals surface area contributed by atoms with Gasteiger partial charge in [0.1, 0.15) is 11.5 Å². The second-order valence-corrected chi connectivity index (χ2v) is 7.34. The number of carbonyl (C=O) groups excluding carboxylic acids is 1. The van der Waals surface area contributed by atoms with E-state index in [1.807, 2.05) is 30.3 Å². The predicted molar refractivity (Wildman–Crippen MR) is 109 cm³/mol. The van der Waals surface area contributed by atoms with Crippen LogP contribution < -0.4 is 9.47 Å². The molecular formula is C21H16Br2O3. The van der Waals surface area contributed by atoms with Gasteiger partial charge in [0, 0.05) is 10.9 Å². The Hall–Kier alpha value is -2.11. The summed E-state index contributed by atoms with van der Waals surface area (Å²) in [6, 6.07) is 22.5. The molecule has 0 N–H and O–H groups in total. The summed E-state index contributed by atoms with van der Waals surface area (Å²) < 4.78 is 12.8. The Labute approximate surface area is 169 Å². The number of hydrogen-bond donors (Lipinski definition) is 0. The van der Waals surface area contributed by atoms with Gasteiger partial charge in [-0.05, 0) is 64.0 Å². The molecule has 0 saturated carbocycles. The van der Waals surface area contributed by atoms with Crippen LogP contribution in [0, 0.1) is 0 Å². The molecule has 0 amide bonds. The molecule has 0 atom stereocenters. The molecule has 0 aliphatic rings. The number of ether oxygens (including phenoxy) is 2. The van der Waals surface area contributed by atoms with Gasteiger partial charge in [-0.15, -0.1) is 0 Å². The van der Waals surface area contributed by atoms with E-state index in [9.17, 15) is 4.79 Å². The first kappa shape index (κ1) is 18.7. The van der Waals surface area contributed by atoms with Crippen LogP contribution in [0.4, 0.5) is 0 Å². The SMILES string of the molecule is O=C(Oc1ccc(Br)cc1Br)c1ccc(OCCc2ccccc2)cc1. The van der Waals surface area contributed by atoms with Gasteiger partial charge in [0.25, 0.3) is 0 Å². The van der Waals surface area contributed by atoms with E-state index in [-0.39, 0.29) is 0 Å². The van der Waals surface area contributed by atoms with Crippen LogP contribution in [-0.4, -0.2) is 12.6 Å². The Kier molecular flexibility index (Phi) is 6.47. The highest BCUT2D eigenvalue weighted by atomic mass is 79.9. The lowest BCUT2D eigenvalue weighted by Crippen LogP contribution is -2.09. The van der Waals surface area contributed by atoms with Crippen molar-refractivity contribution in [3.05, 3.63) is 92.9 Å². The number of esters is 1. The maximum absolute atomic E-state index is 12.3. The van der Waals surface area contributed by atoms with Gasteiger partial charge in [0.15, 0.2) is 0 Å². The molecule has 3 aromatic carbocycles. The summed E-state index contributed by atoms with van der Waals surface area (Å²) in [6.07, 6.45) is 0.836. The summed E-state index contributed by atoms with van der Waals surface area (Å²) in [7, 11) is 0. The summed E-state index contributed by atoms with van der Waals surface area (Å²) in [5.41, 5.74) is 1.70. The van der Waals surface area contributed by atoms with Gasteiger partial charge in [-0.25, -0.2) is 4.79 Å². The van der Waals surface area contributed by atoms with Crippen LogP contribution in [-0.2, 0) is 6.42 Å². The highest BCUT2D eigenvalue weighted by molar-refractivity contribution is 9.11. The molecule has 0 saturated heterocycles. The summed E-state index contributed by atoms with van der Waals surface area (Å²) in [4.78, 5) is 12.3. The van der Waals surface area contributed by atoms with Crippen molar-refractivity contribution >= 4 is 37.8 Å². The van der Waals surface area contributed by atoms with Crippen LogP contribution in [0.15, 0.2) is 81.7 Å². The number of hydrogen-bond acceptors (Lipinski definition) is 3. The van der Waals surface area contributed by atoms with Gasteiger partial charge in [0.05, 0.1) is 16.6 Å². The van der Waals surface area contributed by atoms with Crippen molar-refractivity contribution in [2.24, 2.45) is 0 Å². The van der Waals surface area contributed by atoms with E-state index in [0.717, 1.165) is 16.6 Å². The molecule has 0 heterocycles. The van der Waals surface area contributed by atoms with Crippen LogP contribution in [0.1, 0.15) is 15.9 Å². The van der Waals surface area contributed by atoms with Gasteiger partial charge >= 0.3 is 5.97 Å². The summed E-state index contributed by atoms with van der Waals surface area (Å²) in [6.45, 7) is 0.583. The van der Waals surface area contributed by atoms with Crippen molar-refractivity contribution in [1.82, 2.24) is 0 Å². The summed E-state index contributed by atoms with van der Waals surface area (Å²) >= 11 is 6.75. The molecule has 0 aliphatic heterocycles. The van der Waals surface area contributed by atoms with Gasteiger partial charge in [0.2, 0.25) is 0 Å². The average Bonchev–Trinajstić information content (AvgIpc) is 2.65. The average molecular weight is 476 g/mol. The van der Waals surface area contributed by atoms with Crippen molar-refractivity contribution in [2.75, 3.05) is 6.61 Å². The second kappa shape index (κ2) is 9.01. The molecule has 0 unspecified atom stereocenters. The second-order valence-electron chi connectivity index (χ2n) is 5.57. The molecule has 3 aromatic rings. The van der Waals surface area contributed by atoms with Crippen molar-refractivity contribution in [3.63, 3.8) is 0 Å². The van der Waals surface area contributed by atoms with Crippen LogP contribution >= 0.6 is 31.9 Å². The van der Waals surface area contributed by atoms with E-state index in [2.05, 4.69) is 44.0 Å². The van der Waals surface area contributed by atoms with Gasteiger partial charge in [-0.2, -0.15) is 0 Å². The molecule has 0 aliphatic carbocycles. The third-order valence-corrected chi connectivity index (χ3v) is 4.80. The third kappa shape index (κ3) is 5.19. The zero-order valence-electron chi connectivity index (χ0n) is 13.8. The molecule has 132 valence electrons. The molecule has 0 spiro atoms. The number of halogens is 2. The van der Waals surface area contributed by atoms with Crippen molar-refractivity contribution < 1.29 is 14.3 Å². The fourth-order valence-electron chi connectivity index (χ4n) is 2.34. The summed E-state index contributed by atoms with van der Waals surface area (Å²) in [5, 5.41) is 0. The first-order valence-corrected chi connectivity index (χ1v) is 9.64. The van der Waals surface area contributed by atoms with Crippen molar-refractivity contribution in [1.29, 1.82) is 0 Å². The zero-order valence-corrected chi connectivity index (χ0v) is 17.0. The zero-order chi connectivity index (χ0) is 18.4. The van der Waals surface area contributed by atoms with Gasteiger partial charge in [-0.1, -0.05) is 46.3 Å². The minimum Gasteiger partial charge on any atom is -0.493 e. The molecule has 3 rings (SSSR count). The number of carbonyl (C=O) groups is 1. The largest absolute Gasteiger partial charge is 0.493 e. The lowest BCUT2D eigenvalue weighted by Gasteiger charge is -2.09. The fraction of sp³-hybridized carbons (Fsp3) is 0.0952. The maximum atomic E-state index is 12.3.